The molecule has 0 spiro atoms. The molecule has 1 aromatic carbocycles. The average Bonchev–Trinajstić information content (AvgIpc) is 3.09. The Morgan fingerprint density at radius 2 is 2.10 bits per heavy atom. The third kappa shape index (κ3) is 2.55. The molecular formula is C15H22N4O2. The molecule has 0 saturated heterocycles. The van der Waals surface area contributed by atoms with Crippen LogP contribution in [0.25, 0.3) is 0 Å². The Kier molecular flexibility index (Phi) is 3.71. The first-order valence-corrected chi connectivity index (χ1v) is 7.60. The lowest BCUT2D eigenvalue weighted by atomic mass is 9.84. The van der Waals surface area contributed by atoms with Crippen molar-refractivity contribution in [3.8, 4) is 0 Å². The van der Waals surface area contributed by atoms with Gasteiger partial charge in [-0.15, -0.1) is 0 Å². The Bertz CT molecular complexity index is 548. The molecule has 21 heavy (non-hydrogen) atoms. The highest BCUT2D eigenvalue weighted by molar-refractivity contribution is 5.76. The topological polar surface area (TPSA) is 93.2 Å². The second kappa shape index (κ2) is 5.52. The second-order valence-electron chi connectivity index (χ2n) is 6.37. The highest BCUT2D eigenvalue weighted by Gasteiger charge is 2.42. The molecule has 0 aromatic heterocycles. The first kappa shape index (κ1) is 14.1. The highest BCUT2D eigenvalue weighted by Crippen LogP contribution is 2.50. The largest absolute Gasteiger partial charge is 0.377 e. The summed E-state index contributed by atoms with van der Waals surface area (Å²) >= 11 is 0. The van der Waals surface area contributed by atoms with E-state index in [2.05, 4.69) is 17.7 Å². The molecule has 2 fully saturated rings. The molecule has 1 aromatic rings. The summed E-state index contributed by atoms with van der Waals surface area (Å²) in [6.45, 7) is 2.14. The summed E-state index contributed by atoms with van der Waals surface area (Å²) in [7, 11) is 0. The van der Waals surface area contributed by atoms with Crippen molar-refractivity contribution < 1.29 is 4.92 Å². The lowest BCUT2D eigenvalue weighted by molar-refractivity contribution is -0.383. The lowest BCUT2D eigenvalue weighted by Gasteiger charge is -2.29. The second-order valence-corrected chi connectivity index (χ2v) is 6.37. The third-order valence-electron chi connectivity index (χ3n) is 5.19. The smallest absolute Gasteiger partial charge is 0.316 e. The number of fused-ring (bicyclic) bond motifs is 2. The van der Waals surface area contributed by atoms with Gasteiger partial charge in [-0.05, 0) is 56.1 Å². The van der Waals surface area contributed by atoms with E-state index in [1.54, 1.807) is 18.2 Å². The van der Waals surface area contributed by atoms with Crippen LogP contribution in [0.2, 0.25) is 0 Å². The number of anilines is 2. The van der Waals surface area contributed by atoms with E-state index < -0.39 is 0 Å². The number of nitrogens with one attached hydrogen (secondary N) is 2. The van der Waals surface area contributed by atoms with Gasteiger partial charge in [0.25, 0.3) is 0 Å². The molecule has 2 bridgehead atoms. The minimum atomic E-state index is -0.384. The summed E-state index contributed by atoms with van der Waals surface area (Å²) in [5, 5.41) is 14.7. The number of nitrogens with two attached hydrogens (primary N) is 1. The molecule has 0 radical (unpaired) electrons. The fraction of sp³-hybridized carbons (Fsp3) is 0.600. The monoisotopic (exact) mass is 290 g/mol. The number of hydrogen-bond donors (Lipinski definition) is 3. The van der Waals surface area contributed by atoms with E-state index in [0.29, 0.717) is 17.3 Å². The van der Waals surface area contributed by atoms with Crippen LogP contribution in [0, 0.1) is 27.9 Å². The zero-order valence-electron chi connectivity index (χ0n) is 12.2. The Labute approximate surface area is 124 Å². The first-order valence-electron chi connectivity index (χ1n) is 7.60. The molecule has 4 unspecified atom stereocenters. The predicted molar refractivity (Wildman–Crippen MR) is 82.9 cm³/mol. The minimum Gasteiger partial charge on any atom is -0.377 e. The number of hydrazine groups is 1. The maximum absolute atomic E-state index is 11.3. The van der Waals surface area contributed by atoms with E-state index in [-0.39, 0.29) is 16.7 Å². The molecule has 4 N–H and O–H groups in total. The van der Waals surface area contributed by atoms with Crippen LogP contribution in [0.5, 0.6) is 0 Å². The number of nitro benzene ring substituents is 1. The minimum absolute atomic E-state index is 0.0232. The van der Waals surface area contributed by atoms with E-state index >= 15 is 0 Å². The van der Waals surface area contributed by atoms with Crippen molar-refractivity contribution in [1.29, 1.82) is 0 Å². The van der Waals surface area contributed by atoms with Gasteiger partial charge < -0.3 is 10.7 Å². The van der Waals surface area contributed by atoms with Crippen LogP contribution in [-0.4, -0.2) is 11.0 Å². The van der Waals surface area contributed by atoms with Gasteiger partial charge in [0.2, 0.25) is 0 Å². The quantitative estimate of drug-likeness (QED) is 0.440. The van der Waals surface area contributed by atoms with E-state index in [9.17, 15) is 10.1 Å². The highest BCUT2D eigenvalue weighted by atomic mass is 16.6. The van der Waals surface area contributed by atoms with Gasteiger partial charge in [-0.25, -0.2) is 0 Å². The number of nitro groups is 1. The summed E-state index contributed by atoms with van der Waals surface area (Å²) in [4.78, 5) is 10.9. The fourth-order valence-corrected chi connectivity index (χ4v) is 4.23. The summed E-state index contributed by atoms with van der Waals surface area (Å²) in [6, 6.07) is 5.39. The Morgan fingerprint density at radius 1 is 1.33 bits per heavy atom. The number of nitrogens with zero attached hydrogens (tertiary/aromatic N) is 1. The zero-order valence-corrected chi connectivity index (χ0v) is 12.2. The van der Waals surface area contributed by atoms with E-state index in [4.69, 9.17) is 5.84 Å². The van der Waals surface area contributed by atoms with Gasteiger partial charge in [0.15, 0.2) is 0 Å². The Hall–Kier alpha value is -1.82. The molecule has 0 heterocycles. The summed E-state index contributed by atoms with van der Waals surface area (Å²) < 4.78 is 0. The number of para-hydroxylation sites is 1. The van der Waals surface area contributed by atoms with E-state index in [1.165, 1.54) is 25.7 Å². The molecule has 2 aliphatic carbocycles. The van der Waals surface area contributed by atoms with E-state index in [1.807, 2.05) is 0 Å². The summed E-state index contributed by atoms with van der Waals surface area (Å²) in [6.07, 6.45) is 5.26. The Balaban J connectivity index is 1.79. The SMILES string of the molecule is CC(Nc1cccc(NN)c1[N+](=O)[O-])C1CC2CCC1C2. The van der Waals surface area contributed by atoms with E-state index in [0.717, 1.165) is 11.8 Å². The number of nitrogen functional groups attached to an aromatic ring is 1. The van der Waals surface area contributed by atoms with Crippen molar-refractivity contribution in [3.05, 3.63) is 28.3 Å². The third-order valence-corrected chi connectivity index (χ3v) is 5.19. The predicted octanol–water partition coefficient (Wildman–Crippen LogP) is 3.12. The van der Waals surface area contributed by atoms with Crippen molar-refractivity contribution in [2.24, 2.45) is 23.6 Å². The molecule has 2 saturated carbocycles. The normalized spacial score (nSPS) is 28.4. The molecule has 4 atom stereocenters. The van der Waals surface area contributed by atoms with Gasteiger partial charge in [-0.1, -0.05) is 12.5 Å². The van der Waals surface area contributed by atoms with Gasteiger partial charge in [0.05, 0.1) is 4.92 Å². The van der Waals surface area contributed by atoms with Crippen LogP contribution in [0.3, 0.4) is 0 Å². The van der Waals surface area contributed by atoms with Crippen LogP contribution in [0.15, 0.2) is 18.2 Å². The Morgan fingerprint density at radius 3 is 2.67 bits per heavy atom. The van der Waals surface area contributed by atoms with Crippen molar-refractivity contribution >= 4 is 17.1 Å². The number of benzene rings is 1. The number of hydrogen-bond acceptors (Lipinski definition) is 5. The van der Waals surface area contributed by atoms with Crippen LogP contribution in [0.1, 0.15) is 32.6 Å². The van der Waals surface area contributed by atoms with Gasteiger partial charge in [-0.2, -0.15) is 0 Å². The van der Waals surface area contributed by atoms with Crippen LogP contribution in [0.4, 0.5) is 17.1 Å². The molecular weight excluding hydrogens is 268 g/mol. The summed E-state index contributed by atoms with van der Waals surface area (Å²) in [5.74, 6) is 7.66. The molecule has 0 amide bonds. The molecule has 3 rings (SSSR count). The van der Waals surface area contributed by atoms with Gasteiger partial charge >= 0.3 is 5.69 Å². The number of rotatable bonds is 5. The van der Waals surface area contributed by atoms with Crippen molar-refractivity contribution in [3.63, 3.8) is 0 Å². The fourth-order valence-electron chi connectivity index (χ4n) is 4.23. The molecule has 6 heteroatoms. The lowest BCUT2D eigenvalue weighted by Crippen LogP contribution is -2.30. The molecule has 6 nitrogen and oxygen atoms in total. The van der Waals surface area contributed by atoms with Crippen molar-refractivity contribution in [2.75, 3.05) is 10.7 Å². The van der Waals surface area contributed by atoms with Crippen LogP contribution in [-0.2, 0) is 0 Å². The zero-order chi connectivity index (χ0) is 15.0. The standard InChI is InChI=1S/C15H22N4O2/c1-9(12-8-10-5-6-11(12)7-10)17-13-3-2-4-14(18-16)15(13)19(20)21/h2-4,9-12,17-18H,5-8,16H2,1H3. The van der Waals surface area contributed by atoms with Gasteiger partial charge in [-0.3, -0.25) is 16.0 Å². The average molecular weight is 290 g/mol. The summed E-state index contributed by atoms with van der Waals surface area (Å²) in [5.41, 5.74) is 3.31. The maximum Gasteiger partial charge on any atom is 0.316 e. The van der Waals surface area contributed by atoms with Gasteiger partial charge in [0.1, 0.15) is 11.4 Å². The van der Waals surface area contributed by atoms with Crippen LogP contribution < -0.4 is 16.6 Å². The van der Waals surface area contributed by atoms with Gasteiger partial charge in [0, 0.05) is 6.04 Å². The maximum atomic E-state index is 11.3. The molecule has 2 aliphatic rings. The van der Waals surface area contributed by atoms with Crippen molar-refractivity contribution in [1.82, 2.24) is 0 Å². The van der Waals surface area contributed by atoms with Crippen LogP contribution >= 0.6 is 0 Å². The molecule has 114 valence electrons. The van der Waals surface area contributed by atoms with Crippen molar-refractivity contribution in [2.45, 2.75) is 38.6 Å². The molecule has 0 aliphatic heterocycles. The first-order chi connectivity index (χ1) is 10.1.